The van der Waals surface area contributed by atoms with Crippen molar-refractivity contribution in [2.24, 2.45) is 5.92 Å². The van der Waals surface area contributed by atoms with E-state index in [2.05, 4.69) is 9.64 Å². The monoisotopic (exact) mass is 171 g/mol. The number of ether oxygens (including phenoxy) is 1. The van der Waals surface area contributed by atoms with E-state index >= 15 is 0 Å². The second kappa shape index (κ2) is 4.45. The summed E-state index contributed by atoms with van der Waals surface area (Å²) < 4.78 is 4.66. The van der Waals surface area contributed by atoms with Gasteiger partial charge in [-0.1, -0.05) is 6.92 Å². The van der Waals surface area contributed by atoms with Gasteiger partial charge in [0.15, 0.2) is 0 Å². The van der Waals surface area contributed by atoms with Gasteiger partial charge in [-0.3, -0.25) is 4.79 Å². The maximum absolute atomic E-state index is 11.1. The Morgan fingerprint density at radius 2 is 2.08 bits per heavy atom. The molecule has 0 aromatic carbocycles. The lowest BCUT2D eigenvalue weighted by molar-refractivity contribution is -0.145. The molecule has 0 aliphatic carbocycles. The van der Waals surface area contributed by atoms with Crippen LogP contribution in [-0.2, 0) is 9.53 Å². The Morgan fingerprint density at radius 1 is 1.50 bits per heavy atom. The predicted octanol–water partition coefficient (Wildman–Crippen LogP) is 0.891. The SMILES string of the molecule is COC(=O)C(C)CN1CCCC1. The van der Waals surface area contributed by atoms with Gasteiger partial charge in [0.2, 0.25) is 0 Å². The minimum atomic E-state index is -0.0955. The van der Waals surface area contributed by atoms with Crippen molar-refractivity contribution in [3.05, 3.63) is 0 Å². The molecule has 12 heavy (non-hydrogen) atoms. The van der Waals surface area contributed by atoms with Crippen molar-refractivity contribution in [3.63, 3.8) is 0 Å². The Bertz CT molecular complexity index is 153. The zero-order chi connectivity index (χ0) is 8.97. The van der Waals surface area contributed by atoms with Crippen molar-refractivity contribution in [3.8, 4) is 0 Å². The van der Waals surface area contributed by atoms with Crippen LogP contribution in [0.2, 0.25) is 0 Å². The summed E-state index contributed by atoms with van der Waals surface area (Å²) >= 11 is 0. The van der Waals surface area contributed by atoms with Gasteiger partial charge in [0.05, 0.1) is 13.0 Å². The first-order valence-electron chi connectivity index (χ1n) is 4.54. The highest BCUT2D eigenvalue weighted by Crippen LogP contribution is 2.10. The Kier molecular flexibility index (Phi) is 3.53. The maximum atomic E-state index is 11.1. The van der Waals surface area contributed by atoms with E-state index in [0.717, 1.165) is 19.6 Å². The average molecular weight is 171 g/mol. The van der Waals surface area contributed by atoms with Gasteiger partial charge in [-0.25, -0.2) is 0 Å². The molecule has 70 valence electrons. The number of hydrogen-bond donors (Lipinski definition) is 0. The first-order chi connectivity index (χ1) is 5.74. The lowest BCUT2D eigenvalue weighted by Gasteiger charge is -2.17. The molecule has 0 saturated carbocycles. The summed E-state index contributed by atoms with van der Waals surface area (Å²) in [7, 11) is 1.45. The van der Waals surface area contributed by atoms with Crippen molar-refractivity contribution in [1.29, 1.82) is 0 Å². The molecule has 1 aliphatic heterocycles. The van der Waals surface area contributed by atoms with Gasteiger partial charge in [-0.15, -0.1) is 0 Å². The van der Waals surface area contributed by atoms with E-state index in [1.54, 1.807) is 0 Å². The van der Waals surface area contributed by atoms with E-state index < -0.39 is 0 Å². The zero-order valence-corrected chi connectivity index (χ0v) is 7.88. The molecular formula is C9H17NO2. The minimum Gasteiger partial charge on any atom is -0.469 e. The Hall–Kier alpha value is -0.570. The van der Waals surface area contributed by atoms with Crippen molar-refractivity contribution in [1.82, 2.24) is 4.90 Å². The summed E-state index contributed by atoms with van der Waals surface area (Å²) in [5.74, 6) is -0.0741. The van der Waals surface area contributed by atoms with Gasteiger partial charge in [0.25, 0.3) is 0 Å². The summed E-state index contributed by atoms with van der Waals surface area (Å²) in [6.07, 6.45) is 2.54. The number of methoxy groups -OCH3 is 1. The molecule has 0 N–H and O–H groups in total. The molecule has 1 unspecified atom stereocenters. The van der Waals surface area contributed by atoms with Crippen LogP contribution >= 0.6 is 0 Å². The smallest absolute Gasteiger partial charge is 0.309 e. The lowest BCUT2D eigenvalue weighted by atomic mass is 10.2. The van der Waals surface area contributed by atoms with Crippen molar-refractivity contribution in [2.45, 2.75) is 19.8 Å². The molecule has 0 amide bonds. The van der Waals surface area contributed by atoms with Crippen LogP contribution in [0.25, 0.3) is 0 Å². The minimum absolute atomic E-state index is 0.0214. The van der Waals surface area contributed by atoms with E-state index in [1.165, 1.54) is 20.0 Å². The van der Waals surface area contributed by atoms with E-state index in [-0.39, 0.29) is 11.9 Å². The Balaban J connectivity index is 2.24. The fourth-order valence-electron chi connectivity index (χ4n) is 1.63. The number of carbonyl (C=O) groups excluding carboxylic acids is 1. The first-order valence-corrected chi connectivity index (χ1v) is 4.54. The highest BCUT2D eigenvalue weighted by Gasteiger charge is 2.19. The molecule has 1 rings (SSSR count). The molecule has 3 heteroatoms. The molecule has 0 spiro atoms. The van der Waals surface area contributed by atoms with E-state index in [9.17, 15) is 4.79 Å². The summed E-state index contributed by atoms with van der Waals surface area (Å²) in [4.78, 5) is 13.4. The van der Waals surface area contributed by atoms with Gasteiger partial charge in [-0.05, 0) is 25.9 Å². The molecule has 1 heterocycles. The van der Waals surface area contributed by atoms with Gasteiger partial charge in [0.1, 0.15) is 0 Å². The number of hydrogen-bond acceptors (Lipinski definition) is 3. The molecular weight excluding hydrogens is 154 g/mol. The molecule has 1 saturated heterocycles. The van der Waals surface area contributed by atoms with Crippen LogP contribution in [0.15, 0.2) is 0 Å². The fourth-order valence-corrected chi connectivity index (χ4v) is 1.63. The van der Waals surface area contributed by atoms with Crippen molar-refractivity contribution < 1.29 is 9.53 Å². The third-order valence-corrected chi connectivity index (χ3v) is 2.33. The topological polar surface area (TPSA) is 29.5 Å². The quantitative estimate of drug-likeness (QED) is 0.591. The van der Waals surface area contributed by atoms with Crippen LogP contribution in [0.3, 0.4) is 0 Å². The molecule has 0 bridgehead atoms. The highest BCUT2D eigenvalue weighted by atomic mass is 16.5. The predicted molar refractivity (Wildman–Crippen MR) is 46.9 cm³/mol. The third-order valence-electron chi connectivity index (χ3n) is 2.33. The van der Waals surface area contributed by atoms with E-state index in [0.29, 0.717) is 0 Å². The summed E-state index contributed by atoms with van der Waals surface area (Å²) in [6.45, 7) is 5.06. The molecule has 1 fully saturated rings. The fraction of sp³-hybridized carbons (Fsp3) is 0.889. The van der Waals surface area contributed by atoms with Gasteiger partial charge >= 0.3 is 5.97 Å². The van der Waals surface area contributed by atoms with E-state index in [4.69, 9.17) is 0 Å². The van der Waals surface area contributed by atoms with Crippen LogP contribution in [0.5, 0.6) is 0 Å². The number of rotatable bonds is 3. The third kappa shape index (κ3) is 2.48. The second-order valence-corrected chi connectivity index (χ2v) is 3.43. The summed E-state index contributed by atoms with van der Waals surface area (Å²) in [6, 6.07) is 0. The Labute approximate surface area is 73.7 Å². The number of likely N-dealkylation sites (tertiary alicyclic amines) is 1. The van der Waals surface area contributed by atoms with Gasteiger partial charge < -0.3 is 9.64 Å². The second-order valence-electron chi connectivity index (χ2n) is 3.43. The van der Waals surface area contributed by atoms with Crippen molar-refractivity contribution >= 4 is 5.97 Å². The highest BCUT2D eigenvalue weighted by molar-refractivity contribution is 5.72. The lowest BCUT2D eigenvalue weighted by Crippen LogP contribution is -2.30. The first kappa shape index (κ1) is 9.52. The number of esters is 1. The van der Waals surface area contributed by atoms with Crippen LogP contribution in [0.4, 0.5) is 0 Å². The van der Waals surface area contributed by atoms with E-state index in [1.807, 2.05) is 6.92 Å². The molecule has 1 aliphatic rings. The van der Waals surface area contributed by atoms with Crippen LogP contribution in [0, 0.1) is 5.92 Å². The molecule has 0 aromatic heterocycles. The maximum Gasteiger partial charge on any atom is 0.309 e. The average Bonchev–Trinajstić information content (AvgIpc) is 2.55. The molecule has 0 aromatic rings. The standard InChI is InChI=1S/C9H17NO2/c1-8(9(11)12-2)7-10-5-3-4-6-10/h8H,3-7H2,1-2H3. The number of carbonyl (C=O) groups is 1. The zero-order valence-electron chi connectivity index (χ0n) is 7.88. The van der Waals surface area contributed by atoms with Gasteiger partial charge in [0, 0.05) is 6.54 Å². The Morgan fingerprint density at radius 3 is 2.58 bits per heavy atom. The largest absolute Gasteiger partial charge is 0.469 e. The summed E-state index contributed by atoms with van der Waals surface area (Å²) in [5.41, 5.74) is 0. The van der Waals surface area contributed by atoms with Gasteiger partial charge in [-0.2, -0.15) is 0 Å². The number of nitrogens with zero attached hydrogens (tertiary/aromatic N) is 1. The molecule has 1 atom stereocenters. The van der Waals surface area contributed by atoms with Crippen LogP contribution in [0.1, 0.15) is 19.8 Å². The summed E-state index contributed by atoms with van der Waals surface area (Å²) in [5, 5.41) is 0. The normalized spacial score (nSPS) is 20.8. The van der Waals surface area contributed by atoms with Crippen LogP contribution < -0.4 is 0 Å². The molecule has 0 radical (unpaired) electrons. The van der Waals surface area contributed by atoms with Crippen LogP contribution in [-0.4, -0.2) is 37.6 Å². The molecule has 3 nitrogen and oxygen atoms in total. The van der Waals surface area contributed by atoms with Crippen molar-refractivity contribution in [2.75, 3.05) is 26.7 Å².